The maximum absolute atomic E-state index is 11.0. The lowest BCUT2D eigenvalue weighted by atomic mass is 10.1. The molecule has 0 aromatic rings. The number of nitro groups is 1. The normalized spacial score (nSPS) is 12.9. The number of hydrogen-bond acceptors (Lipinski definition) is 3. The molecule has 0 aliphatic heterocycles. The number of carbonyl (C=O) groups is 1. The van der Waals surface area contributed by atoms with Gasteiger partial charge in [-0.15, -0.1) is 0 Å². The van der Waals surface area contributed by atoms with Crippen molar-refractivity contribution in [2.45, 2.75) is 71.1 Å². The van der Waals surface area contributed by atoms with Crippen molar-refractivity contribution in [3.8, 4) is 0 Å². The van der Waals surface area contributed by atoms with Crippen LogP contribution in [0.2, 0.25) is 0 Å². The highest BCUT2D eigenvalue weighted by molar-refractivity contribution is 5.49. The first-order valence-corrected chi connectivity index (χ1v) is 9.59. The molecule has 0 rings (SSSR count). The highest BCUT2D eigenvalue weighted by Gasteiger charge is 2.06. The van der Waals surface area contributed by atoms with Crippen LogP contribution in [0.4, 0.5) is 0 Å². The van der Waals surface area contributed by atoms with E-state index in [1.165, 1.54) is 0 Å². The first-order chi connectivity index (χ1) is 12.7. The van der Waals surface area contributed by atoms with E-state index in [9.17, 15) is 14.9 Å². The predicted molar refractivity (Wildman–Crippen MR) is 110 cm³/mol. The molecule has 0 aliphatic carbocycles. The largest absolute Gasteiger partial charge is 0.303 e. The van der Waals surface area contributed by atoms with Gasteiger partial charge in [0.05, 0.1) is 11.3 Å². The number of nitrogens with zero attached hydrogens (tertiary/aromatic N) is 1. The Labute approximate surface area is 158 Å². The third-order valence-electron chi connectivity index (χ3n) is 3.68. The number of unbranched alkanes of at least 4 members (excludes halogenated alkanes) is 4. The smallest absolute Gasteiger partial charge is 0.246 e. The minimum Gasteiger partial charge on any atom is -0.303 e. The lowest BCUT2D eigenvalue weighted by molar-refractivity contribution is -0.427. The van der Waals surface area contributed by atoms with Crippen LogP contribution in [0, 0.1) is 10.1 Å². The molecule has 0 spiro atoms. The number of aldehydes is 1. The zero-order chi connectivity index (χ0) is 19.3. The van der Waals surface area contributed by atoms with Crippen molar-refractivity contribution in [2.75, 3.05) is 0 Å². The molecule has 0 saturated heterocycles. The van der Waals surface area contributed by atoms with E-state index in [2.05, 4.69) is 37.3 Å². The Bertz CT molecular complexity index is 513. The molecular weight excluding hydrogens is 326 g/mol. The van der Waals surface area contributed by atoms with E-state index >= 15 is 0 Å². The molecule has 0 unspecified atom stereocenters. The fourth-order valence-electron chi connectivity index (χ4n) is 2.19. The van der Waals surface area contributed by atoms with Gasteiger partial charge in [0.2, 0.25) is 5.70 Å². The van der Waals surface area contributed by atoms with Crippen LogP contribution >= 0.6 is 0 Å². The van der Waals surface area contributed by atoms with E-state index in [1.807, 2.05) is 18.2 Å². The van der Waals surface area contributed by atoms with Gasteiger partial charge in [0, 0.05) is 6.42 Å². The summed E-state index contributed by atoms with van der Waals surface area (Å²) in [6, 6.07) is 0. The minimum absolute atomic E-state index is 0.273. The standard InChI is InChI=1S/C22H33NO3/c1-2-3-4-16-19-22(23(25)26)20-17-14-12-10-8-6-5-7-9-11-13-15-18-21-24/h5,7-8,10-11,13-14,17,19,21H,2-4,6,9,12,15-16,18,20H2,1H3/b7-5+,10-8+,13-11+,17-14+,22-19-. The van der Waals surface area contributed by atoms with Crippen molar-refractivity contribution in [3.63, 3.8) is 0 Å². The number of rotatable bonds is 16. The first kappa shape index (κ1) is 23.8. The molecule has 0 radical (unpaired) electrons. The Morgan fingerprint density at radius 1 is 0.808 bits per heavy atom. The number of carbonyl (C=O) groups excluding carboxylic acids is 1. The molecule has 0 aromatic heterocycles. The monoisotopic (exact) mass is 359 g/mol. The summed E-state index contributed by atoms with van der Waals surface area (Å²) < 4.78 is 0. The van der Waals surface area contributed by atoms with Crippen LogP contribution in [0.5, 0.6) is 0 Å². The molecule has 0 amide bonds. The maximum atomic E-state index is 11.0. The summed E-state index contributed by atoms with van der Waals surface area (Å²) in [5, 5.41) is 11.0. The molecule has 0 saturated carbocycles. The fourth-order valence-corrected chi connectivity index (χ4v) is 2.19. The minimum atomic E-state index is -0.273. The maximum Gasteiger partial charge on any atom is 0.246 e. The Kier molecular flexibility index (Phi) is 17.5. The Morgan fingerprint density at radius 3 is 1.92 bits per heavy atom. The van der Waals surface area contributed by atoms with Crippen molar-refractivity contribution in [2.24, 2.45) is 0 Å². The summed E-state index contributed by atoms with van der Waals surface area (Å²) in [5.74, 6) is 0. The average molecular weight is 360 g/mol. The molecule has 0 N–H and O–H groups in total. The topological polar surface area (TPSA) is 60.2 Å². The lowest BCUT2D eigenvalue weighted by Gasteiger charge is -1.95. The van der Waals surface area contributed by atoms with Crippen LogP contribution in [0.1, 0.15) is 71.1 Å². The summed E-state index contributed by atoms with van der Waals surface area (Å²) in [6.45, 7) is 2.12. The molecule has 4 heteroatoms. The van der Waals surface area contributed by atoms with Gasteiger partial charge in [-0.2, -0.15) is 0 Å². The molecule has 144 valence electrons. The van der Waals surface area contributed by atoms with E-state index in [0.29, 0.717) is 18.5 Å². The summed E-state index contributed by atoms with van der Waals surface area (Å²) in [7, 11) is 0. The molecule has 0 fully saturated rings. The van der Waals surface area contributed by atoms with Gasteiger partial charge in [0.1, 0.15) is 6.29 Å². The van der Waals surface area contributed by atoms with E-state index in [0.717, 1.165) is 57.7 Å². The van der Waals surface area contributed by atoms with Crippen molar-refractivity contribution in [3.05, 3.63) is 70.5 Å². The van der Waals surface area contributed by atoms with Crippen molar-refractivity contribution < 1.29 is 9.72 Å². The second kappa shape index (κ2) is 19.1. The van der Waals surface area contributed by atoms with Gasteiger partial charge >= 0.3 is 0 Å². The third kappa shape index (κ3) is 16.6. The summed E-state index contributed by atoms with van der Waals surface area (Å²) >= 11 is 0. The quantitative estimate of drug-likeness (QED) is 0.104. The van der Waals surface area contributed by atoms with Crippen molar-refractivity contribution in [1.82, 2.24) is 0 Å². The molecule has 4 nitrogen and oxygen atoms in total. The highest BCUT2D eigenvalue weighted by Crippen LogP contribution is 2.09. The lowest BCUT2D eigenvalue weighted by Crippen LogP contribution is -1.97. The molecular formula is C22H33NO3. The molecule has 0 aromatic carbocycles. The Hall–Kier alpha value is -2.23. The van der Waals surface area contributed by atoms with Crippen LogP contribution in [0.25, 0.3) is 0 Å². The van der Waals surface area contributed by atoms with Gasteiger partial charge < -0.3 is 4.79 Å². The number of hydrogen-bond donors (Lipinski definition) is 0. The fraction of sp³-hybridized carbons (Fsp3) is 0.500. The van der Waals surface area contributed by atoms with Crippen LogP contribution < -0.4 is 0 Å². The summed E-state index contributed by atoms with van der Waals surface area (Å²) in [4.78, 5) is 20.9. The average Bonchev–Trinajstić information content (AvgIpc) is 2.63. The van der Waals surface area contributed by atoms with Crippen LogP contribution in [0.15, 0.2) is 60.4 Å². The Balaban J connectivity index is 3.88. The van der Waals surface area contributed by atoms with E-state index in [1.54, 1.807) is 6.08 Å². The molecule has 0 heterocycles. The van der Waals surface area contributed by atoms with Gasteiger partial charge in [-0.3, -0.25) is 10.1 Å². The van der Waals surface area contributed by atoms with Crippen LogP contribution in [0.3, 0.4) is 0 Å². The zero-order valence-corrected chi connectivity index (χ0v) is 16.0. The van der Waals surface area contributed by atoms with Gasteiger partial charge in [-0.05, 0) is 44.6 Å². The van der Waals surface area contributed by atoms with E-state index in [-0.39, 0.29) is 4.92 Å². The molecule has 0 bridgehead atoms. The first-order valence-electron chi connectivity index (χ1n) is 9.59. The summed E-state index contributed by atoms with van der Waals surface area (Å²) in [6.07, 6.45) is 27.4. The number of allylic oxidation sites excluding steroid dienone is 9. The third-order valence-corrected chi connectivity index (χ3v) is 3.68. The zero-order valence-electron chi connectivity index (χ0n) is 16.0. The van der Waals surface area contributed by atoms with Gasteiger partial charge in [-0.25, -0.2) is 0 Å². The van der Waals surface area contributed by atoms with Crippen LogP contribution in [-0.2, 0) is 4.79 Å². The van der Waals surface area contributed by atoms with E-state index in [4.69, 9.17) is 0 Å². The second-order valence-electron chi connectivity index (χ2n) is 5.99. The van der Waals surface area contributed by atoms with Crippen molar-refractivity contribution in [1.29, 1.82) is 0 Å². The molecule has 0 atom stereocenters. The van der Waals surface area contributed by atoms with Gasteiger partial charge in [-0.1, -0.05) is 68.4 Å². The summed E-state index contributed by atoms with van der Waals surface area (Å²) in [5.41, 5.74) is 0.297. The van der Waals surface area contributed by atoms with Gasteiger partial charge in [0.25, 0.3) is 0 Å². The molecule has 26 heavy (non-hydrogen) atoms. The van der Waals surface area contributed by atoms with E-state index < -0.39 is 0 Å². The highest BCUT2D eigenvalue weighted by atomic mass is 16.6. The van der Waals surface area contributed by atoms with Crippen molar-refractivity contribution >= 4 is 6.29 Å². The second-order valence-corrected chi connectivity index (χ2v) is 5.99. The SMILES string of the molecule is CCCCC/C=C(/C/C=C/C/C=C/C/C=C/C/C=C/CCC=O)[N+](=O)[O-]. The van der Waals surface area contributed by atoms with Gasteiger partial charge in [0.15, 0.2) is 0 Å². The predicted octanol–water partition coefficient (Wildman–Crippen LogP) is 6.49. The molecule has 0 aliphatic rings. The van der Waals surface area contributed by atoms with Crippen LogP contribution in [-0.4, -0.2) is 11.2 Å². The Morgan fingerprint density at radius 2 is 1.38 bits per heavy atom.